The summed E-state index contributed by atoms with van der Waals surface area (Å²) in [6.07, 6.45) is 39.1. The van der Waals surface area contributed by atoms with Crippen molar-refractivity contribution >= 4 is 39.5 Å². The molecule has 516 valence electrons. The van der Waals surface area contributed by atoms with Gasteiger partial charge < -0.3 is 33.8 Å². The van der Waals surface area contributed by atoms with Gasteiger partial charge in [-0.2, -0.15) is 0 Å². The molecule has 0 aliphatic heterocycles. The predicted octanol–water partition coefficient (Wildman–Crippen LogP) is 18.9. The highest BCUT2D eigenvalue weighted by Crippen LogP contribution is 2.45. The van der Waals surface area contributed by atoms with Gasteiger partial charge in [-0.3, -0.25) is 37.3 Å². The van der Waals surface area contributed by atoms with Gasteiger partial charge >= 0.3 is 39.5 Å². The fourth-order valence-corrected chi connectivity index (χ4v) is 11.7. The molecule has 6 atom stereocenters. The third-order valence-corrected chi connectivity index (χ3v) is 17.8. The summed E-state index contributed by atoms with van der Waals surface area (Å²) in [5.74, 6) is 0.805. The second kappa shape index (κ2) is 57.9. The number of carbonyl (C=O) groups is 4. The summed E-state index contributed by atoms with van der Waals surface area (Å²) >= 11 is 0. The molecule has 0 saturated carbocycles. The van der Waals surface area contributed by atoms with Crippen molar-refractivity contribution in [2.24, 2.45) is 23.7 Å². The molecule has 0 fully saturated rings. The third kappa shape index (κ3) is 61.3. The van der Waals surface area contributed by atoms with E-state index < -0.39 is 97.5 Å². The average Bonchev–Trinajstić information content (AvgIpc) is 3.51. The highest BCUT2D eigenvalue weighted by molar-refractivity contribution is 7.47. The molecule has 17 nitrogen and oxygen atoms in total. The van der Waals surface area contributed by atoms with Crippen molar-refractivity contribution in [1.82, 2.24) is 0 Å². The molecule has 0 radical (unpaired) electrons. The van der Waals surface area contributed by atoms with Crippen molar-refractivity contribution in [2.45, 2.75) is 350 Å². The Morgan fingerprint density at radius 3 is 0.816 bits per heavy atom. The van der Waals surface area contributed by atoms with E-state index in [-0.39, 0.29) is 25.7 Å². The highest BCUT2D eigenvalue weighted by Gasteiger charge is 2.30. The zero-order valence-electron chi connectivity index (χ0n) is 56.6. The molecule has 0 aromatic rings. The lowest BCUT2D eigenvalue weighted by atomic mass is 9.99. The number of rotatable bonds is 65. The Bertz CT molecular complexity index is 1730. The van der Waals surface area contributed by atoms with Crippen molar-refractivity contribution in [1.29, 1.82) is 0 Å². The lowest BCUT2D eigenvalue weighted by molar-refractivity contribution is -0.161. The van der Waals surface area contributed by atoms with Gasteiger partial charge in [-0.25, -0.2) is 9.13 Å². The molecule has 87 heavy (non-hydrogen) atoms. The quantitative estimate of drug-likeness (QED) is 0.0222. The van der Waals surface area contributed by atoms with Crippen molar-refractivity contribution < 1.29 is 80.2 Å². The van der Waals surface area contributed by atoms with E-state index >= 15 is 0 Å². The van der Waals surface area contributed by atoms with Crippen LogP contribution in [0.5, 0.6) is 0 Å². The number of unbranched alkanes of at least 4 members (excludes halogenated alkanes) is 30. The number of ether oxygens (including phenoxy) is 4. The number of hydrogen-bond acceptors (Lipinski definition) is 15. The van der Waals surface area contributed by atoms with E-state index in [2.05, 4.69) is 55.4 Å². The number of phosphoric acid groups is 2. The van der Waals surface area contributed by atoms with Crippen LogP contribution in [0.1, 0.15) is 331 Å². The van der Waals surface area contributed by atoms with E-state index in [1.54, 1.807) is 0 Å². The molecular weight excluding hydrogens is 1150 g/mol. The minimum absolute atomic E-state index is 0.103. The standard InChI is InChI=1S/C68H132O17P2/c1-9-61(8)47-39-31-22-17-18-24-35-43-51-68(73)85-63(54-78-65(70)48-40-32-25-19-21-29-37-45-59(4)5)56-82-86(74,75)80-52-62(69)53-81-87(76,77)83-57-64(55-79-66(71)49-41-33-27-26-30-38-46-60(6)7)84-67(72)50-42-34-23-16-14-12-10-11-13-15-20-28-36-44-58(2)3/h58-64,69H,9-57H2,1-8H3,(H,74,75)(H,76,77)/t61?,62-,63-,64-/m1/s1. The first-order valence-corrected chi connectivity index (χ1v) is 38.2. The van der Waals surface area contributed by atoms with Crippen LogP contribution in [0, 0.1) is 23.7 Å². The molecule has 0 bridgehead atoms. The molecule has 0 heterocycles. The lowest BCUT2D eigenvalue weighted by Gasteiger charge is -2.21. The first-order chi connectivity index (χ1) is 41.6. The first kappa shape index (κ1) is 85.1. The molecule has 0 amide bonds. The number of phosphoric ester groups is 2. The van der Waals surface area contributed by atoms with Crippen molar-refractivity contribution in [3.63, 3.8) is 0 Å². The van der Waals surface area contributed by atoms with Crippen LogP contribution >= 0.6 is 15.6 Å². The molecule has 3 N–H and O–H groups in total. The zero-order valence-corrected chi connectivity index (χ0v) is 58.4. The number of aliphatic hydroxyl groups excluding tert-OH is 1. The van der Waals surface area contributed by atoms with E-state index in [4.69, 9.17) is 37.0 Å². The van der Waals surface area contributed by atoms with E-state index in [0.717, 1.165) is 115 Å². The Hall–Kier alpha value is -1.94. The maximum Gasteiger partial charge on any atom is 0.472 e. The molecule has 0 aromatic heterocycles. The van der Waals surface area contributed by atoms with Gasteiger partial charge in [0.1, 0.15) is 19.3 Å². The van der Waals surface area contributed by atoms with Gasteiger partial charge in [0.05, 0.1) is 26.4 Å². The fourth-order valence-electron chi connectivity index (χ4n) is 10.1. The normalized spacial score (nSPS) is 14.6. The maximum atomic E-state index is 13.0. The average molecular weight is 1280 g/mol. The Balaban J connectivity index is 5.23. The molecule has 0 aliphatic rings. The molecule has 0 aromatic carbocycles. The molecule has 0 aliphatic carbocycles. The minimum atomic E-state index is -4.95. The largest absolute Gasteiger partial charge is 0.472 e. The number of aliphatic hydroxyl groups is 1. The monoisotopic (exact) mass is 1280 g/mol. The number of esters is 4. The molecule has 3 unspecified atom stereocenters. The number of hydrogen-bond donors (Lipinski definition) is 3. The SMILES string of the molecule is CCC(C)CCCCCCCCCCC(=O)O[C@H](COC(=O)CCCCCCCCCC(C)C)COP(=O)(O)OC[C@@H](O)COP(=O)(O)OC[C@@H](COC(=O)CCCCCCCCC(C)C)OC(=O)CCCCCCCCCCCCCCCC(C)C. The summed E-state index contributed by atoms with van der Waals surface area (Å²) in [5.41, 5.74) is 0. The molecular formula is C68H132O17P2. The highest BCUT2D eigenvalue weighted by atomic mass is 31.2. The van der Waals surface area contributed by atoms with Crippen LogP contribution in [0.4, 0.5) is 0 Å². The number of carbonyl (C=O) groups excluding carboxylic acids is 4. The zero-order chi connectivity index (χ0) is 64.7. The van der Waals surface area contributed by atoms with Gasteiger partial charge in [-0.15, -0.1) is 0 Å². The summed E-state index contributed by atoms with van der Waals surface area (Å²) in [6.45, 7) is 14.0. The lowest BCUT2D eigenvalue weighted by Crippen LogP contribution is -2.30. The van der Waals surface area contributed by atoms with E-state index in [9.17, 15) is 43.2 Å². The van der Waals surface area contributed by atoms with Gasteiger partial charge in [0, 0.05) is 25.7 Å². The first-order valence-electron chi connectivity index (χ1n) is 35.2. The smallest absolute Gasteiger partial charge is 0.462 e. The second-order valence-electron chi connectivity index (χ2n) is 26.2. The second-order valence-corrected chi connectivity index (χ2v) is 29.1. The summed E-state index contributed by atoms with van der Waals surface area (Å²) < 4.78 is 68.1. The minimum Gasteiger partial charge on any atom is -0.462 e. The van der Waals surface area contributed by atoms with Gasteiger partial charge in [-0.1, -0.05) is 280 Å². The summed E-state index contributed by atoms with van der Waals surface area (Å²) in [7, 11) is -9.90. The van der Waals surface area contributed by atoms with Crippen LogP contribution in [0.25, 0.3) is 0 Å². The third-order valence-electron chi connectivity index (χ3n) is 15.9. The van der Waals surface area contributed by atoms with Crippen LogP contribution in [0.3, 0.4) is 0 Å². The van der Waals surface area contributed by atoms with Crippen LogP contribution < -0.4 is 0 Å². The van der Waals surface area contributed by atoms with Crippen molar-refractivity contribution in [3.05, 3.63) is 0 Å². The summed E-state index contributed by atoms with van der Waals surface area (Å²) in [4.78, 5) is 72.4. The van der Waals surface area contributed by atoms with E-state index in [1.165, 1.54) is 122 Å². The van der Waals surface area contributed by atoms with E-state index in [1.807, 2.05) is 0 Å². The van der Waals surface area contributed by atoms with Crippen LogP contribution in [-0.2, 0) is 65.4 Å². The molecule has 0 saturated heterocycles. The van der Waals surface area contributed by atoms with Crippen LogP contribution in [0.2, 0.25) is 0 Å². The van der Waals surface area contributed by atoms with Gasteiger partial charge in [0.2, 0.25) is 0 Å². The predicted molar refractivity (Wildman–Crippen MR) is 349 cm³/mol. The Kier molecular flexibility index (Phi) is 56.6. The Morgan fingerprint density at radius 1 is 0.322 bits per heavy atom. The van der Waals surface area contributed by atoms with E-state index in [0.29, 0.717) is 37.5 Å². The van der Waals surface area contributed by atoms with Gasteiger partial charge in [0.25, 0.3) is 0 Å². The van der Waals surface area contributed by atoms with Crippen molar-refractivity contribution in [3.8, 4) is 0 Å². The Morgan fingerprint density at radius 2 is 0.552 bits per heavy atom. The van der Waals surface area contributed by atoms with Gasteiger partial charge in [0.15, 0.2) is 12.2 Å². The molecule has 0 spiro atoms. The fraction of sp³-hybridized carbons (Fsp3) is 0.941. The van der Waals surface area contributed by atoms with Crippen molar-refractivity contribution in [2.75, 3.05) is 39.6 Å². The van der Waals surface area contributed by atoms with Crippen LogP contribution in [-0.4, -0.2) is 96.7 Å². The Labute approximate surface area is 530 Å². The molecule has 19 heteroatoms. The summed E-state index contributed by atoms with van der Waals surface area (Å²) in [5, 5.41) is 10.6. The molecule has 0 rings (SSSR count). The van der Waals surface area contributed by atoms with Crippen LogP contribution in [0.15, 0.2) is 0 Å². The topological polar surface area (TPSA) is 237 Å². The van der Waals surface area contributed by atoms with Gasteiger partial charge in [-0.05, 0) is 49.4 Å². The summed E-state index contributed by atoms with van der Waals surface area (Å²) in [6, 6.07) is 0. The maximum absolute atomic E-state index is 13.0.